The van der Waals surface area contributed by atoms with Gasteiger partial charge in [-0.25, -0.2) is 14.8 Å². The number of benzene rings is 3. The summed E-state index contributed by atoms with van der Waals surface area (Å²) in [5.41, 5.74) is 14.7. The van der Waals surface area contributed by atoms with Crippen LogP contribution in [0.2, 0.25) is 0 Å². The number of anilines is 1. The molecule has 8 bridgehead atoms. The Bertz CT molecular complexity index is 2610. The second-order valence-electron chi connectivity index (χ2n) is 13.2. The molecule has 0 saturated heterocycles. The molecule has 1 amide bonds. The van der Waals surface area contributed by atoms with Gasteiger partial charge in [0.15, 0.2) is 0 Å². The highest BCUT2D eigenvalue weighted by Gasteiger charge is 2.18. The summed E-state index contributed by atoms with van der Waals surface area (Å²) in [4.78, 5) is 41.4. The number of hydrogen-bond acceptors (Lipinski definition) is 4. The van der Waals surface area contributed by atoms with Crippen LogP contribution in [-0.2, 0) is 16.0 Å². The second kappa shape index (κ2) is 14.9. The number of unbranched alkanes of at least 4 members (excludes halogenated alkanes) is 1. The highest BCUT2D eigenvalue weighted by molar-refractivity contribution is 6.03. The van der Waals surface area contributed by atoms with E-state index in [2.05, 4.69) is 89.0 Å². The van der Waals surface area contributed by atoms with Crippen LogP contribution >= 0.6 is 0 Å². The average molecular weight is 708 g/mol. The standard InChI is InChI=1S/C46H37N5O3/c1-2-3-14-33-34-19-21-36(48-34)44(29-10-6-4-7-11-29)38-23-25-40(50-38)46(31-15-17-32(18-16-31)47-42(52)27-28-43(53)54)41-26-24-39(51-41)45(30-12-8-5-9-13-30)37-22-20-35(33)49-37/h4-13,15-28,48,51H,2-3,14H2,1H3,(H,47,52)(H,53,54)/b28-27-,34-33?,35-33?,44-36?,44-38?,45-37?,45-39?,46-40?,46-41?. The molecule has 2 aliphatic heterocycles. The van der Waals surface area contributed by atoms with Crippen molar-refractivity contribution in [3.8, 4) is 33.4 Å². The fraction of sp³-hybridized carbons (Fsp3) is 0.0870. The van der Waals surface area contributed by atoms with Crippen LogP contribution in [0.3, 0.4) is 0 Å². The lowest BCUT2D eigenvalue weighted by Gasteiger charge is -2.08. The Labute approximate surface area is 312 Å². The molecule has 3 aromatic heterocycles. The number of rotatable bonds is 9. The Balaban J connectivity index is 1.44. The number of carboxylic acids is 1. The molecule has 5 heterocycles. The monoisotopic (exact) mass is 707 g/mol. The zero-order chi connectivity index (χ0) is 37.0. The van der Waals surface area contributed by atoms with Gasteiger partial charge in [-0.15, -0.1) is 0 Å². The molecular weight excluding hydrogens is 671 g/mol. The fourth-order valence-corrected chi connectivity index (χ4v) is 7.05. The van der Waals surface area contributed by atoms with Gasteiger partial charge in [0.05, 0.1) is 22.8 Å². The van der Waals surface area contributed by atoms with Crippen LogP contribution in [0.1, 0.15) is 48.1 Å². The predicted octanol–water partition coefficient (Wildman–Crippen LogP) is 10.6. The first-order chi connectivity index (χ1) is 26.4. The molecule has 0 aliphatic carbocycles. The molecule has 264 valence electrons. The van der Waals surface area contributed by atoms with Crippen molar-refractivity contribution >= 4 is 63.9 Å². The van der Waals surface area contributed by atoms with Crippen LogP contribution in [0, 0.1) is 0 Å². The third-order valence-corrected chi connectivity index (χ3v) is 9.59. The van der Waals surface area contributed by atoms with Crippen molar-refractivity contribution in [2.75, 3.05) is 5.32 Å². The Morgan fingerprint density at radius 1 is 0.593 bits per heavy atom. The zero-order valence-electron chi connectivity index (χ0n) is 29.6. The SMILES string of the molecule is CCCCc1c2nc(c(-c3ccccc3)c3ccc([nH]3)c(-c3ccc(NC(=O)/C=C\C(=O)O)cc3)c3nc(c(-c4ccccc4)c4ccc1[nH]4)C=C3)C=C2. The number of aryl methyl sites for hydroxylation is 1. The van der Waals surface area contributed by atoms with Gasteiger partial charge >= 0.3 is 5.97 Å². The van der Waals surface area contributed by atoms with Crippen LogP contribution in [-0.4, -0.2) is 36.9 Å². The van der Waals surface area contributed by atoms with Crippen LogP contribution in [0.4, 0.5) is 5.69 Å². The lowest BCUT2D eigenvalue weighted by atomic mass is 10.0. The van der Waals surface area contributed by atoms with Gasteiger partial charge in [0.1, 0.15) is 0 Å². The number of H-pyrrole nitrogens is 2. The van der Waals surface area contributed by atoms with Gasteiger partial charge < -0.3 is 20.4 Å². The molecule has 2 aliphatic rings. The van der Waals surface area contributed by atoms with Crippen molar-refractivity contribution in [3.05, 3.63) is 150 Å². The molecule has 8 heteroatoms. The number of carboxylic acid groups (broad SMARTS) is 1. The van der Waals surface area contributed by atoms with E-state index in [9.17, 15) is 9.59 Å². The number of amides is 1. The van der Waals surface area contributed by atoms with E-state index in [1.165, 1.54) is 5.56 Å². The molecule has 3 aromatic carbocycles. The van der Waals surface area contributed by atoms with Crippen LogP contribution in [0.15, 0.2) is 121 Å². The molecule has 0 atom stereocenters. The molecule has 8 nitrogen and oxygen atoms in total. The maximum absolute atomic E-state index is 12.3. The summed E-state index contributed by atoms with van der Waals surface area (Å²) < 4.78 is 0. The van der Waals surface area contributed by atoms with Crippen molar-refractivity contribution < 1.29 is 14.7 Å². The molecule has 0 spiro atoms. The lowest BCUT2D eigenvalue weighted by Crippen LogP contribution is -2.08. The Kier molecular flexibility index (Phi) is 9.39. The van der Waals surface area contributed by atoms with Gasteiger partial charge in [-0.2, -0.15) is 0 Å². The minimum absolute atomic E-state index is 0.529. The predicted molar refractivity (Wildman–Crippen MR) is 219 cm³/mol. The number of nitrogens with zero attached hydrogens (tertiary/aromatic N) is 2. The van der Waals surface area contributed by atoms with E-state index in [0.29, 0.717) is 5.69 Å². The van der Waals surface area contributed by atoms with Gasteiger partial charge in [-0.05, 0) is 90.2 Å². The largest absolute Gasteiger partial charge is 0.478 e. The number of aromatic nitrogens is 4. The molecule has 0 unspecified atom stereocenters. The topological polar surface area (TPSA) is 124 Å². The third-order valence-electron chi connectivity index (χ3n) is 9.59. The van der Waals surface area contributed by atoms with Crippen molar-refractivity contribution in [3.63, 3.8) is 0 Å². The average Bonchev–Trinajstić information content (AvgIpc) is 4.03. The first kappa shape index (κ1) is 34.0. The minimum atomic E-state index is -1.19. The van der Waals surface area contributed by atoms with Gasteiger partial charge in [0.25, 0.3) is 0 Å². The Morgan fingerprint density at radius 3 is 1.57 bits per heavy atom. The van der Waals surface area contributed by atoms with E-state index >= 15 is 0 Å². The maximum Gasteiger partial charge on any atom is 0.328 e. The fourth-order valence-electron chi connectivity index (χ4n) is 7.05. The summed E-state index contributed by atoms with van der Waals surface area (Å²) in [6.45, 7) is 2.21. The molecule has 0 fully saturated rings. The normalized spacial score (nSPS) is 12.0. The first-order valence-electron chi connectivity index (χ1n) is 18.0. The first-order valence-corrected chi connectivity index (χ1v) is 18.0. The Morgan fingerprint density at radius 2 is 1.06 bits per heavy atom. The number of carbonyl (C=O) groups excluding carboxylic acids is 1. The summed E-state index contributed by atoms with van der Waals surface area (Å²) in [5, 5.41) is 11.6. The van der Waals surface area contributed by atoms with Crippen molar-refractivity contribution in [1.82, 2.24) is 19.9 Å². The molecule has 4 N–H and O–H groups in total. The van der Waals surface area contributed by atoms with Gasteiger partial charge in [-0.3, -0.25) is 4.79 Å². The number of aliphatic carboxylic acids is 1. The van der Waals surface area contributed by atoms with E-state index < -0.39 is 11.9 Å². The van der Waals surface area contributed by atoms with Gasteiger partial charge in [0.2, 0.25) is 5.91 Å². The highest BCUT2D eigenvalue weighted by atomic mass is 16.4. The maximum atomic E-state index is 12.3. The number of aromatic amines is 2. The lowest BCUT2D eigenvalue weighted by molar-refractivity contribution is -0.131. The van der Waals surface area contributed by atoms with Crippen LogP contribution in [0.25, 0.3) is 79.8 Å². The molecule has 6 aromatic rings. The van der Waals surface area contributed by atoms with Gasteiger partial charge in [-0.1, -0.05) is 86.1 Å². The Hall–Kier alpha value is -7.06. The second-order valence-corrected chi connectivity index (χ2v) is 13.2. The molecule has 0 saturated carbocycles. The number of fused-ring (bicyclic) bond motifs is 8. The summed E-state index contributed by atoms with van der Waals surface area (Å²) in [5.74, 6) is -1.72. The van der Waals surface area contributed by atoms with E-state index in [4.69, 9.17) is 15.1 Å². The van der Waals surface area contributed by atoms with E-state index in [1.54, 1.807) is 12.1 Å². The summed E-state index contributed by atoms with van der Waals surface area (Å²) in [7, 11) is 0. The van der Waals surface area contributed by atoms with Crippen molar-refractivity contribution in [2.45, 2.75) is 26.2 Å². The molecular formula is C46H37N5O3. The van der Waals surface area contributed by atoms with Crippen molar-refractivity contribution in [1.29, 1.82) is 0 Å². The molecule has 54 heavy (non-hydrogen) atoms. The number of carbonyl (C=O) groups is 2. The van der Waals surface area contributed by atoms with Gasteiger partial charge in [0, 0.05) is 62.2 Å². The quantitative estimate of drug-likeness (QED) is 0.111. The third kappa shape index (κ3) is 6.92. The van der Waals surface area contributed by atoms with Crippen molar-refractivity contribution in [2.24, 2.45) is 0 Å². The summed E-state index contributed by atoms with van der Waals surface area (Å²) in [6.07, 6.45) is 13.2. The zero-order valence-corrected chi connectivity index (χ0v) is 29.6. The summed E-state index contributed by atoms with van der Waals surface area (Å²) >= 11 is 0. The number of hydrogen-bond donors (Lipinski definition) is 4. The number of nitrogens with one attached hydrogen (secondary N) is 3. The molecule has 0 radical (unpaired) electrons. The minimum Gasteiger partial charge on any atom is -0.478 e. The van der Waals surface area contributed by atoms with Crippen LogP contribution in [0.5, 0.6) is 0 Å². The summed E-state index contributed by atoms with van der Waals surface area (Å²) in [6, 6.07) is 36.6. The highest BCUT2D eigenvalue weighted by Crippen LogP contribution is 2.37. The van der Waals surface area contributed by atoms with Crippen LogP contribution < -0.4 is 5.32 Å². The van der Waals surface area contributed by atoms with E-state index in [1.807, 2.05) is 54.6 Å². The molecule has 8 rings (SSSR count). The smallest absolute Gasteiger partial charge is 0.328 e. The van der Waals surface area contributed by atoms with E-state index in [-0.39, 0.29) is 0 Å². The van der Waals surface area contributed by atoms with E-state index in [0.717, 1.165) is 110 Å².